The zero-order valence-electron chi connectivity index (χ0n) is 22.5. The van der Waals surface area contributed by atoms with Gasteiger partial charge in [0, 0.05) is 32.7 Å². The third-order valence-corrected chi connectivity index (χ3v) is 7.49. The second kappa shape index (κ2) is 14.6. The predicted molar refractivity (Wildman–Crippen MR) is 141 cm³/mol. The maximum absolute atomic E-state index is 13.8. The summed E-state index contributed by atoms with van der Waals surface area (Å²) < 4.78 is 16.4. The van der Waals surface area contributed by atoms with Gasteiger partial charge in [0.2, 0.25) is 0 Å². The molecule has 3 saturated heterocycles. The largest absolute Gasteiger partial charge is 0.465 e. The molecule has 2 unspecified atom stereocenters. The van der Waals surface area contributed by atoms with Gasteiger partial charge in [-0.1, -0.05) is 30.3 Å². The fraction of sp³-hybridized carbons (Fsp3) is 0.679. The van der Waals surface area contributed by atoms with Gasteiger partial charge in [-0.25, -0.2) is 9.80 Å². The molecular formula is C28H42N4O6. The number of carbonyl (C=O) groups is 3. The number of morpholine rings is 1. The summed E-state index contributed by atoms with van der Waals surface area (Å²) in [5.41, 5.74) is 1.12. The topological polar surface area (TPSA) is 101 Å². The van der Waals surface area contributed by atoms with E-state index in [-0.39, 0.29) is 24.5 Å². The molecule has 1 amide bonds. The molecule has 3 heterocycles. The van der Waals surface area contributed by atoms with Crippen LogP contribution in [0.25, 0.3) is 0 Å². The Kier molecular flexibility index (Phi) is 10.9. The number of carbonyl (C=O) groups excluding carboxylic acids is 3. The molecule has 210 valence electrons. The third-order valence-electron chi connectivity index (χ3n) is 7.49. The Bertz CT molecular complexity index is 910. The van der Waals surface area contributed by atoms with E-state index in [0.29, 0.717) is 58.6 Å². The molecule has 10 nitrogen and oxygen atoms in total. The molecule has 0 aromatic heterocycles. The molecule has 1 aromatic rings. The van der Waals surface area contributed by atoms with Crippen LogP contribution in [0.5, 0.6) is 0 Å². The standard InChI is InChI=1S/C28H42N4O6/c1-2-37-27(34)24(13-12-22-8-4-3-5-9-22)29-23-10-6-14-31-15-7-11-25(32(31)26(23)33)28(35)38-21-18-30-16-19-36-20-17-30/h3-5,8-9,23-25,29H,2,6-7,10-21H2,1H3/t23?,24-,25?/m0/s1. The smallest absolute Gasteiger partial charge is 0.330 e. The van der Waals surface area contributed by atoms with Crippen molar-refractivity contribution in [2.75, 3.05) is 59.2 Å². The van der Waals surface area contributed by atoms with Crippen LogP contribution < -0.4 is 5.32 Å². The molecule has 38 heavy (non-hydrogen) atoms. The van der Waals surface area contributed by atoms with Crippen LogP contribution in [-0.4, -0.2) is 110 Å². The van der Waals surface area contributed by atoms with E-state index >= 15 is 0 Å². The zero-order chi connectivity index (χ0) is 26.7. The first-order valence-corrected chi connectivity index (χ1v) is 14.1. The Hall–Kier alpha value is -2.53. The Morgan fingerprint density at radius 2 is 1.79 bits per heavy atom. The monoisotopic (exact) mass is 530 g/mol. The van der Waals surface area contributed by atoms with Crippen molar-refractivity contribution in [3.8, 4) is 0 Å². The summed E-state index contributed by atoms with van der Waals surface area (Å²) in [6.45, 7) is 7.48. The summed E-state index contributed by atoms with van der Waals surface area (Å²) in [6, 6.07) is 8.13. The molecular weight excluding hydrogens is 488 g/mol. The molecule has 4 rings (SSSR count). The molecule has 0 saturated carbocycles. The molecule has 3 atom stereocenters. The number of hydrogen-bond donors (Lipinski definition) is 1. The van der Waals surface area contributed by atoms with E-state index in [9.17, 15) is 14.4 Å². The molecule has 1 aromatic carbocycles. The molecule has 3 fully saturated rings. The Labute approximate surface area is 225 Å². The molecule has 0 radical (unpaired) electrons. The van der Waals surface area contributed by atoms with Gasteiger partial charge in [-0.2, -0.15) is 0 Å². The number of esters is 2. The number of amides is 1. The van der Waals surface area contributed by atoms with Crippen LogP contribution in [-0.2, 0) is 35.0 Å². The van der Waals surface area contributed by atoms with E-state index < -0.39 is 18.1 Å². The number of ether oxygens (including phenoxy) is 3. The van der Waals surface area contributed by atoms with Crippen molar-refractivity contribution in [3.05, 3.63) is 35.9 Å². The fourth-order valence-corrected chi connectivity index (χ4v) is 5.45. The summed E-state index contributed by atoms with van der Waals surface area (Å²) in [7, 11) is 0. The number of hydrogen-bond acceptors (Lipinski definition) is 9. The lowest BCUT2D eigenvalue weighted by Crippen LogP contribution is -2.62. The van der Waals surface area contributed by atoms with Crippen molar-refractivity contribution in [2.24, 2.45) is 0 Å². The number of rotatable bonds is 11. The Morgan fingerprint density at radius 1 is 1.05 bits per heavy atom. The van der Waals surface area contributed by atoms with E-state index in [1.165, 1.54) is 0 Å². The Morgan fingerprint density at radius 3 is 2.53 bits per heavy atom. The van der Waals surface area contributed by atoms with Crippen LogP contribution >= 0.6 is 0 Å². The van der Waals surface area contributed by atoms with Gasteiger partial charge in [-0.05, 0) is 51.0 Å². The summed E-state index contributed by atoms with van der Waals surface area (Å²) in [5.74, 6) is -0.885. The van der Waals surface area contributed by atoms with Crippen molar-refractivity contribution in [3.63, 3.8) is 0 Å². The lowest BCUT2D eigenvalue weighted by molar-refractivity contribution is -0.178. The zero-order valence-corrected chi connectivity index (χ0v) is 22.5. The maximum Gasteiger partial charge on any atom is 0.330 e. The number of nitrogens with zero attached hydrogens (tertiary/aromatic N) is 3. The van der Waals surface area contributed by atoms with Crippen LogP contribution in [0.15, 0.2) is 30.3 Å². The van der Waals surface area contributed by atoms with Crippen molar-refractivity contribution in [1.29, 1.82) is 0 Å². The molecule has 10 heteroatoms. The van der Waals surface area contributed by atoms with Crippen molar-refractivity contribution < 1.29 is 28.6 Å². The quantitative estimate of drug-likeness (QED) is 0.426. The van der Waals surface area contributed by atoms with Crippen LogP contribution in [0.1, 0.15) is 44.6 Å². The highest BCUT2D eigenvalue weighted by molar-refractivity contribution is 5.88. The van der Waals surface area contributed by atoms with Crippen molar-refractivity contribution >= 4 is 17.8 Å². The summed E-state index contributed by atoms with van der Waals surface area (Å²) in [5, 5.41) is 6.92. The van der Waals surface area contributed by atoms with Crippen LogP contribution in [0.2, 0.25) is 0 Å². The number of nitrogens with one attached hydrogen (secondary N) is 1. The molecule has 3 aliphatic rings. The normalized spacial score (nSPS) is 23.8. The lowest BCUT2D eigenvalue weighted by Gasteiger charge is -2.43. The third kappa shape index (κ3) is 7.75. The fourth-order valence-electron chi connectivity index (χ4n) is 5.45. The number of hydrazine groups is 1. The first kappa shape index (κ1) is 28.5. The minimum atomic E-state index is -0.645. The predicted octanol–water partition coefficient (Wildman–Crippen LogP) is 1.39. The van der Waals surface area contributed by atoms with Crippen LogP contribution in [0.3, 0.4) is 0 Å². The summed E-state index contributed by atoms with van der Waals surface area (Å²) in [4.78, 5) is 42.0. The highest BCUT2D eigenvalue weighted by Gasteiger charge is 2.43. The minimum absolute atomic E-state index is 0.175. The van der Waals surface area contributed by atoms with Gasteiger partial charge in [-0.3, -0.25) is 24.8 Å². The second-order valence-electron chi connectivity index (χ2n) is 10.1. The molecule has 0 spiro atoms. The first-order chi connectivity index (χ1) is 18.6. The van der Waals surface area contributed by atoms with E-state index in [1.54, 1.807) is 11.9 Å². The van der Waals surface area contributed by atoms with Crippen molar-refractivity contribution in [1.82, 2.24) is 20.2 Å². The summed E-state index contributed by atoms with van der Waals surface area (Å²) >= 11 is 0. The van der Waals surface area contributed by atoms with Gasteiger partial charge < -0.3 is 14.2 Å². The Balaban J connectivity index is 1.40. The second-order valence-corrected chi connectivity index (χ2v) is 10.1. The maximum atomic E-state index is 13.8. The average Bonchev–Trinajstić information content (AvgIpc) is 3.10. The van der Waals surface area contributed by atoms with E-state index in [1.807, 2.05) is 35.3 Å². The average molecular weight is 531 g/mol. The minimum Gasteiger partial charge on any atom is -0.465 e. The van der Waals surface area contributed by atoms with E-state index in [4.69, 9.17) is 14.2 Å². The highest BCUT2D eigenvalue weighted by Crippen LogP contribution is 2.25. The van der Waals surface area contributed by atoms with Gasteiger partial charge in [0.25, 0.3) is 5.91 Å². The van der Waals surface area contributed by atoms with E-state index in [2.05, 4.69) is 10.2 Å². The van der Waals surface area contributed by atoms with Gasteiger partial charge >= 0.3 is 11.9 Å². The number of fused-ring (bicyclic) bond motifs is 1. The molecule has 0 aliphatic carbocycles. The SMILES string of the molecule is CCOC(=O)[C@H](CCc1ccccc1)NC1CCCN2CCCC(C(=O)OCCN3CCOCC3)N2C1=O. The van der Waals surface area contributed by atoms with Gasteiger partial charge in [0.1, 0.15) is 18.7 Å². The van der Waals surface area contributed by atoms with Crippen LogP contribution in [0, 0.1) is 0 Å². The van der Waals surface area contributed by atoms with Gasteiger partial charge in [0.15, 0.2) is 0 Å². The van der Waals surface area contributed by atoms with Crippen molar-refractivity contribution in [2.45, 2.75) is 63.6 Å². The first-order valence-electron chi connectivity index (χ1n) is 14.1. The molecule has 0 bridgehead atoms. The molecule has 3 aliphatic heterocycles. The van der Waals surface area contributed by atoms with Gasteiger partial charge in [-0.15, -0.1) is 0 Å². The molecule has 1 N–H and O–H groups in total. The number of aryl methyl sites for hydroxylation is 1. The summed E-state index contributed by atoms with van der Waals surface area (Å²) in [6.07, 6.45) is 3.97. The van der Waals surface area contributed by atoms with E-state index in [0.717, 1.165) is 38.0 Å². The number of benzene rings is 1. The lowest BCUT2D eigenvalue weighted by atomic mass is 10.0. The van der Waals surface area contributed by atoms with Gasteiger partial charge in [0.05, 0.1) is 25.9 Å². The van der Waals surface area contributed by atoms with Crippen LogP contribution in [0.4, 0.5) is 0 Å². The highest BCUT2D eigenvalue weighted by atomic mass is 16.5.